The van der Waals surface area contributed by atoms with Crippen molar-refractivity contribution in [1.29, 1.82) is 0 Å². The van der Waals surface area contributed by atoms with Crippen LogP contribution in [0.1, 0.15) is 39.5 Å². The first-order valence-corrected chi connectivity index (χ1v) is 7.00. The van der Waals surface area contributed by atoms with Gasteiger partial charge in [-0.3, -0.25) is 5.32 Å². The van der Waals surface area contributed by atoms with E-state index < -0.39 is 0 Å². The maximum absolute atomic E-state index is 6.14. The van der Waals surface area contributed by atoms with Crippen molar-refractivity contribution in [3.05, 3.63) is 11.8 Å². The normalized spacial score (nSPS) is 34.8. The summed E-state index contributed by atoms with van der Waals surface area (Å²) in [7, 11) is 0. The molecule has 1 heterocycles. The van der Waals surface area contributed by atoms with Gasteiger partial charge in [0.05, 0.1) is 11.3 Å². The monoisotopic (exact) mass is 259 g/mol. The smallest absolute Gasteiger partial charge is 0.196 e. The Kier molecular flexibility index (Phi) is 4.71. The van der Waals surface area contributed by atoms with Crippen LogP contribution in [0.15, 0.2) is 11.8 Å². The van der Waals surface area contributed by atoms with E-state index >= 15 is 0 Å². The third-order valence-electron chi connectivity index (χ3n) is 3.54. The van der Waals surface area contributed by atoms with Crippen molar-refractivity contribution in [2.45, 2.75) is 57.4 Å². The molecule has 1 saturated heterocycles. The Balaban J connectivity index is 1.87. The number of nitrogens with one attached hydrogen (secondary N) is 1. The third-order valence-corrected chi connectivity index (χ3v) is 3.89. The molecule has 1 N–H and O–H groups in total. The molecule has 2 aliphatic rings. The Morgan fingerprint density at radius 1 is 1.53 bits per heavy atom. The summed E-state index contributed by atoms with van der Waals surface area (Å²) < 4.78 is 11.2. The van der Waals surface area contributed by atoms with Crippen molar-refractivity contribution in [2.75, 3.05) is 6.61 Å². The van der Waals surface area contributed by atoms with Gasteiger partial charge in [0.2, 0.25) is 0 Å². The van der Waals surface area contributed by atoms with Crippen molar-refractivity contribution >= 4 is 11.6 Å². The quantitative estimate of drug-likeness (QED) is 0.478. The number of ether oxygens (including phenoxy) is 2. The summed E-state index contributed by atoms with van der Waals surface area (Å²) in [6.07, 6.45) is 6.38. The fraction of sp³-hybridized carbons (Fsp3) is 0.846. The van der Waals surface area contributed by atoms with Gasteiger partial charge in [0.25, 0.3) is 0 Å². The largest absolute Gasteiger partial charge is 0.470 e. The van der Waals surface area contributed by atoms with Gasteiger partial charge in [0, 0.05) is 19.1 Å². The summed E-state index contributed by atoms with van der Waals surface area (Å²) >= 11 is 6.14. The SMILES string of the molecule is CCOC(C)OC1=CC[C@H]2CCC(Cl)N[C@H]2C1. The molecule has 3 nitrogen and oxygen atoms in total. The molecule has 4 atom stereocenters. The summed E-state index contributed by atoms with van der Waals surface area (Å²) in [5.74, 6) is 1.77. The van der Waals surface area contributed by atoms with Crippen LogP contribution in [0, 0.1) is 5.92 Å². The van der Waals surface area contributed by atoms with E-state index in [1.54, 1.807) is 0 Å². The first-order valence-electron chi connectivity index (χ1n) is 6.56. The standard InChI is InChI=1S/C13H22ClNO2/c1-3-16-9(2)17-11-6-4-10-5-7-13(14)15-12(10)8-11/h6,9-10,12-13,15H,3-5,7-8H2,1-2H3/t9?,10-,12-,13?/m0/s1. The molecule has 1 fully saturated rings. The molecule has 0 aromatic rings. The van der Waals surface area contributed by atoms with Crippen molar-refractivity contribution in [1.82, 2.24) is 5.32 Å². The number of alkyl halides is 1. The van der Waals surface area contributed by atoms with Gasteiger partial charge in [-0.15, -0.1) is 11.6 Å². The zero-order valence-corrected chi connectivity index (χ0v) is 11.4. The number of rotatable bonds is 4. The highest BCUT2D eigenvalue weighted by atomic mass is 35.5. The summed E-state index contributed by atoms with van der Waals surface area (Å²) in [4.78, 5) is 0. The Labute approximate surface area is 108 Å². The second kappa shape index (κ2) is 6.07. The fourth-order valence-electron chi connectivity index (χ4n) is 2.68. The predicted octanol–water partition coefficient (Wildman–Crippen LogP) is 3.00. The number of piperidine rings is 1. The molecule has 0 amide bonds. The second-order valence-corrected chi connectivity index (χ2v) is 5.36. The van der Waals surface area contributed by atoms with Crippen molar-refractivity contribution < 1.29 is 9.47 Å². The van der Waals surface area contributed by atoms with E-state index in [0.29, 0.717) is 12.6 Å². The van der Waals surface area contributed by atoms with Crippen molar-refractivity contribution in [3.8, 4) is 0 Å². The predicted molar refractivity (Wildman–Crippen MR) is 68.8 cm³/mol. The molecule has 0 spiro atoms. The van der Waals surface area contributed by atoms with Crippen LogP contribution >= 0.6 is 11.6 Å². The minimum Gasteiger partial charge on any atom is -0.470 e. The first-order chi connectivity index (χ1) is 8.19. The molecule has 1 aliphatic heterocycles. The first kappa shape index (κ1) is 13.2. The Bertz CT molecular complexity index is 283. The molecule has 2 unspecified atom stereocenters. The lowest BCUT2D eigenvalue weighted by Gasteiger charge is -2.38. The molecular formula is C13H22ClNO2. The summed E-state index contributed by atoms with van der Waals surface area (Å²) in [6, 6.07) is 0.472. The average Bonchev–Trinajstić information content (AvgIpc) is 2.28. The molecule has 4 heteroatoms. The maximum atomic E-state index is 6.14. The van der Waals surface area contributed by atoms with Gasteiger partial charge in [-0.25, -0.2) is 0 Å². The van der Waals surface area contributed by atoms with Gasteiger partial charge in [-0.2, -0.15) is 0 Å². The fourth-order valence-corrected chi connectivity index (χ4v) is 2.97. The highest BCUT2D eigenvalue weighted by Crippen LogP contribution is 2.33. The highest BCUT2D eigenvalue weighted by Gasteiger charge is 2.32. The number of allylic oxidation sites excluding steroid dienone is 1. The highest BCUT2D eigenvalue weighted by molar-refractivity contribution is 6.20. The van der Waals surface area contributed by atoms with Crippen LogP contribution in [-0.4, -0.2) is 24.4 Å². The van der Waals surface area contributed by atoms with E-state index in [1.807, 2.05) is 13.8 Å². The van der Waals surface area contributed by atoms with E-state index in [9.17, 15) is 0 Å². The number of hydrogen-bond donors (Lipinski definition) is 1. The van der Waals surface area contributed by atoms with Crippen LogP contribution in [0.4, 0.5) is 0 Å². The Morgan fingerprint density at radius 3 is 3.12 bits per heavy atom. The van der Waals surface area contributed by atoms with Crippen LogP contribution in [-0.2, 0) is 9.47 Å². The molecule has 0 aromatic carbocycles. The number of halogens is 1. The minimum absolute atomic E-state index is 0.125. The van der Waals surface area contributed by atoms with E-state index in [1.165, 1.54) is 6.42 Å². The van der Waals surface area contributed by atoms with Gasteiger partial charge in [0.1, 0.15) is 0 Å². The minimum atomic E-state index is -0.154. The molecule has 0 aromatic heterocycles. The third kappa shape index (κ3) is 3.60. The molecule has 0 radical (unpaired) electrons. The average molecular weight is 260 g/mol. The lowest BCUT2D eigenvalue weighted by atomic mass is 9.82. The van der Waals surface area contributed by atoms with Gasteiger partial charge in [-0.05, 0) is 45.1 Å². The van der Waals surface area contributed by atoms with Crippen LogP contribution < -0.4 is 5.32 Å². The van der Waals surface area contributed by atoms with E-state index in [0.717, 1.165) is 30.9 Å². The van der Waals surface area contributed by atoms with E-state index in [4.69, 9.17) is 21.1 Å². The second-order valence-electron chi connectivity index (χ2n) is 4.83. The number of hydrogen-bond acceptors (Lipinski definition) is 3. The Hall–Kier alpha value is -0.250. The van der Waals surface area contributed by atoms with Crippen LogP contribution in [0.2, 0.25) is 0 Å². The molecule has 17 heavy (non-hydrogen) atoms. The maximum Gasteiger partial charge on any atom is 0.196 e. The van der Waals surface area contributed by atoms with Gasteiger partial charge >= 0.3 is 0 Å². The summed E-state index contributed by atoms with van der Waals surface area (Å²) in [6.45, 7) is 4.60. The van der Waals surface area contributed by atoms with E-state index in [2.05, 4.69) is 11.4 Å². The summed E-state index contributed by atoms with van der Waals surface area (Å²) in [5, 5.41) is 3.46. The zero-order valence-electron chi connectivity index (χ0n) is 10.6. The van der Waals surface area contributed by atoms with Crippen molar-refractivity contribution in [3.63, 3.8) is 0 Å². The van der Waals surface area contributed by atoms with Crippen LogP contribution in [0.5, 0.6) is 0 Å². The van der Waals surface area contributed by atoms with Gasteiger partial charge in [0.15, 0.2) is 6.29 Å². The molecule has 1 aliphatic carbocycles. The van der Waals surface area contributed by atoms with Crippen LogP contribution in [0.25, 0.3) is 0 Å². The van der Waals surface area contributed by atoms with E-state index in [-0.39, 0.29) is 11.8 Å². The molecular weight excluding hydrogens is 238 g/mol. The topological polar surface area (TPSA) is 30.5 Å². The number of fused-ring (bicyclic) bond motifs is 1. The lowest BCUT2D eigenvalue weighted by Crippen LogP contribution is -2.46. The molecule has 0 bridgehead atoms. The lowest BCUT2D eigenvalue weighted by molar-refractivity contribution is -0.104. The Morgan fingerprint density at radius 2 is 2.35 bits per heavy atom. The van der Waals surface area contributed by atoms with Crippen molar-refractivity contribution in [2.24, 2.45) is 5.92 Å². The molecule has 2 rings (SSSR count). The molecule has 98 valence electrons. The zero-order chi connectivity index (χ0) is 12.3. The van der Waals surface area contributed by atoms with Gasteiger partial charge in [-0.1, -0.05) is 0 Å². The van der Waals surface area contributed by atoms with Crippen LogP contribution in [0.3, 0.4) is 0 Å². The van der Waals surface area contributed by atoms with Gasteiger partial charge < -0.3 is 9.47 Å². The molecule has 0 saturated carbocycles. The summed E-state index contributed by atoms with van der Waals surface area (Å²) in [5.41, 5.74) is 0.125.